The third-order valence-electron chi connectivity index (χ3n) is 3.51. The Kier molecular flexibility index (Phi) is 5.32. The second-order valence-electron chi connectivity index (χ2n) is 4.42. The summed E-state index contributed by atoms with van der Waals surface area (Å²) in [6, 6.07) is 5.26. The number of nitrogens with zero attached hydrogens (tertiary/aromatic N) is 1. The van der Waals surface area contributed by atoms with Crippen LogP contribution in [0.3, 0.4) is 0 Å². The first kappa shape index (κ1) is 13.6. The van der Waals surface area contributed by atoms with Gasteiger partial charge < -0.3 is 10.7 Å². The molecule has 0 aliphatic carbocycles. The van der Waals surface area contributed by atoms with Gasteiger partial charge >= 0.3 is 0 Å². The van der Waals surface area contributed by atoms with Crippen LogP contribution in [0.25, 0.3) is 0 Å². The summed E-state index contributed by atoms with van der Waals surface area (Å²) in [6.07, 6.45) is 5.88. The Morgan fingerprint density at radius 1 is 1.56 bits per heavy atom. The molecule has 16 heavy (non-hydrogen) atoms. The monoisotopic (exact) mass is 243 g/mol. The third-order valence-corrected chi connectivity index (χ3v) is 3.51. The molecule has 0 radical (unpaired) electrons. The van der Waals surface area contributed by atoms with Crippen LogP contribution in [-0.4, -0.2) is 29.0 Å². The van der Waals surface area contributed by atoms with Crippen molar-refractivity contribution < 1.29 is 0 Å². The smallest absolute Gasteiger partial charge is 0.0473 e. The number of halogens is 1. The molecule has 1 aromatic heterocycles. The molecule has 0 amide bonds. The van der Waals surface area contributed by atoms with E-state index in [9.17, 15) is 0 Å². The summed E-state index contributed by atoms with van der Waals surface area (Å²) < 4.78 is 0. The molecule has 92 valence electrons. The lowest BCUT2D eigenvalue weighted by atomic mass is 9.99. The summed E-state index contributed by atoms with van der Waals surface area (Å²) in [6.45, 7) is 4.23. The van der Waals surface area contributed by atoms with Gasteiger partial charge in [0.1, 0.15) is 0 Å². The first-order valence-electron chi connectivity index (χ1n) is 5.92. The number of piperidine rings is 1. The lowest BCUT2D eigenvalue weighted by Crippen LogP contribution is -2.45. The molecular weight excluding hydrogens is 222 g/mol. The lowest BCUT2D eigenvalue weighted by molar-refractivity contribution is 0.106. The van der Waals surface area contributed by atoms with Crippen molar-refractivity contribution in [3.8, 4) is 0 Å². The molecule has 0 bridgehead atoms. The van der Waals surface area contributed by atoms with Gasteiger partial charge in [-0.25, -0.2) is 0 Å². The summed E-state index contributed by atoms with van der Waals surface area (Å²) in [7, 11) is 0. The van der Waals surface area contributed by atoms with E-state index >= 15 is 0 Å². The number of aromatic nitrogens is 1. The molecule has 2 heterocycles. The van der Waals surface area contributed by atoms with E-state index in [-0.39, 0.29) is 12.4 Å². The Hall–Kier alpha value is -0.510. The average molecular weight is 244 g/mol. The van der Waals surface area contributed by atoms with E-state index in [0.29, 0.717) is 12.1 Å². The van der Waals surface area contributed by atoms with Gasteiger partial charge in [-0.05, 0) is 38.4 Å². The lowest BCUT2D eigenvalue weighted by Gasteiger charge is -2.39. The van der Waals surface area contributed by atoms with Crippen LogP contribution in [0.2, 0.25) is 0 Å². The van der Waals surface area contributed by atoms with Crippen LogP contribution < -0.4 is 5.73 Å². The third kappa shape index (κ3) is 2.78. The number of H-pyrrole nitrogens is 1. The summed E-state index contributed by atoms with van der Waals surface area (Å²) in [5.74, 6) is 0. The predicted octanol–water partition coefficient (Wildman–Crippen LogP) is 2.31. The van der Waals surface area contributed by atoms with Crippen LogP contribution in [0.5, 0.6) is 0 Å². The molecule has 2 unspecified atom stereocenters. The quantitative estimate of drug-likeness (QED) is 0.856. The largest absolute Gasteiger partial charge is 0.364 e. The highest BCUT2D eigenvalue weighted by atomic mass is 35.5. The molecule has 1 aliphatic rings. The van der Waals surface area contributed by atoms with E-state index in [1.54, 1.807) is 0 Å². The summed E-state index contributed by atoms with van der Waals surface area (Å²) in [5.41, 5.74) is 7.13. The summed E-state index contributed by atoms with van der Waals surface area (Å²) in [5, 5.41) is 0. The first-order valence-corrected chi connectivity index (χ1v) is 5.92. The fourth-order valence-corrected chi connectivity index (χ4v) is 2.57. The molecule has 1 saturated heterocycles. The van der Waals surface area contributed by atoms with Crippen molar-refractivity contribution in [2.75, 3.05) is 13.1 Å². The SMILES string of the molecule is CC(c1ccc[nH]1)N1CCCCC1CN.Cl. The van der Waals surface area contributed by atoms with Gasteiger partial charge in [-0.3, -0.25) is 4.90 Å². The predicted molar refractivity (Wildman–Crippen MR) is 69.9 cm³/mol. The standard InChI is InChI=1S/C12H21N3.ClH/c1-10(12-6-4-7-14-12)15-8-3-2-5-11(15)9-13;/h4,6-7,10-11,14H,2-3,5,8-9,13H2,1H3;1H. The highest BCUT2D eigenvalue weighted by Crippen LogP contribution is 2.26. The van der Waals surface area contributed by atoms with E-state index in [2.05, 4.69) is 28.9 Å². The van der Waals surface area contributed by atoms with Gasteiger partial charge in [0.15, 0.2) is 0 Å². The maximum atomic E-state index is 5.83. The van der Waals surface area contributed by atoms with Crippen LogP contribution in [0.1, 0.15) is 37.9 Å². The second-order valence-corrected chi connectivity index (χ2v) is 4.42. The molecule has 1 aromatic rings. The number of nitrogens with one attached hydrogen (secondary N) is 1. The zero-order valence-electron chi connectivity index (χ0n) is 9.86. The molecule has 3 nitrogen and oxygen atoms in total. The molecule has 2 atom stereocenters. The van der Waals surface area contributed by atoms with Crippen molar-refractivity contribution in [2.24, 2.45) is 5.73 Å². The maximum absolute atomic E-state index is 5.83. The fraction of sp³-hybridized carbons (Fsp3) is 0.667. The molecule has 4 heteroatoms. The molecule has 0 aromatic carbocycles. The second kappa shape index (κ2) is 6.28. The number of hydrogen-bond donors (Lipinski definition) is 2. The summed E-state index contributed by atoms with van der Waals surface area (Å²) >= 11 is 0. The van der Waals surface area contributed by atoms with Gasteiger partial charge in [0.2, 0.25) is 0 Å². The van der Waals surface area contributed by atoms with E-state index in [1.807, 2.05) is 6.20 Å². The first-order chi connectivity index (χ1) is 7.33. The number of hydrogen-bond acceptors (Lipinski definition) is 2. The molecule has 0 saturated carbocycles. The van der Waals surface area contributed by atoms with Gasteiger partial charge in [0.05, 0.1) is 0 Å². The van der Waals surface area contributed by atoms with E-state index in [1.165, 1.54) is 31.5 Å². The van der Waals surface area contributed by atoms with Crippen LogP contribution in [0.4, 0.5) is 0 Å². The van der Waals surface area contributed by atoms with Crippen LogP contribution >= 0.6 is 12.4 Å². The number of rotatable bonds is 3. The van der Waals surface area contributed by atoms with Crippen LogP contribution in [-0.2, 0) is 0 Å². The van der Waals surface area contributed by atoms with Gasteiger partial charge in [0.25, 0.3) is 0 Å². The zero-order chi connectivity index (χ0) is 10.7. The topological polar surface area (TPSA) is 45.0 Å². The van der Waals surface area contributed by atoms with Crippen LogP contribution in [0.15, 0.2) is 18.3 Å². The average Bonchev–Trinajstić information content (AvgIpc) is 2.81. The summed E-state index contributed by atoms with van der Waals surface area (Å²) in [4.78, 5) is 5.83. The van der Waals surface area contributed by atoms with Crippen molar-refractivity contribution >= 4 is 12.4 Å². The Morgan fingerprint density at radius 2 is 2.38 bits per heavy atom. The molecule has 0 spiro atoms. The van der Waals surface area contributed by atoms with Crippen molar-refractivity contribution in [1.82, 2.24) is 9.88 Å². The van der Waals surface area contributed by atoms with E-state index in [0.717, 1.165) is 6.54 Å². The van der Waals surface area contributed by atoms with Gasteiger partial charge in [-0.15, -0.1) is 12.4 Å². The van der Waals surface area contributed by atoms with Crippen molar-refractivity contribution in [1.29, 1.82) is 0 Å². The normalized spacial score (nSPS) is 23.8. The Morgan fingerprint density at radius 3 is 3.00 bits per heavy atom. The van der Waals surface area contributed by atoms with Crippen molar-refractivity contribution in [2.45, 2.75) is 38.3 Å². The van der Waals surface area contributed by atoms with Gasteiger partial charge in [-0.2, -0.15) is 0 Å². The van der Waals surface area contributed by atoms with Crippen molar-refractivity contribution in [3.05, 3.63) is 24.0 Å². The Labute approximate surface area is 104 Å². The number of aromatic amines is 1. The Bertz CT molecular complexity index is 286. The molecule has 2 rings (SSSR count). The maximum Gasteiger partial charge on any atom is 0.0473 e. The van der Waals surface area contributed by atoms with Gasteiger partial charge in [-0.1, -0.05) is 6.42 Å². The molecule has 1 fully saturated rings. The number of likely N-dealkylation sites (tertiary alicyclic amines) is 1. The fourth-order valence-electron chi connectivity index (χ4n) is 2.57. The zero-order valence-corrected chi connectivity index (χ0v) is 10.7. The minimum atomic E-state index is 0. The highest BCUT2D eigenvalue weighted by Gasteiger charge is 2.26. The van der Waals surface area contributed by atoms with Crippen molar-refractivity contribution in [3.63, 3.8) is 0 Å². The minimum Gasteiger partial charge on any atom is -0.364 e. The Balaban J connectivity index is 0.00000128. The number of nitrogens with two attached hydrogens (primary N) is 1. The van der Waals surface area contributed by atoms with Crippen LogP contribution in [0, 0.1) is 0 Å². The van der Waals surface area contributed by atoms with E-state index in [4.69, 9.17) is 5.73 Å². The molecule has 1 aliphatic heterocycles. The molecule has 3 N–H and O–H groups in total. The highest BCUT2D eigenvalue weighted by molar-refractivity contribution is 5.85. The minimum absolute atomic E-state index is 0. The molecular formula is C12H22ClN3. The van der Waals surface area contributed by atoms with E-state index < -0.39 is 0 Å². The van der Waals surface area contributed by atoms with Gasteiger partial charge in [0, 0.05) is 30.5 Å².